The fourth-order valence-corrected chi connectivity index (χ4v) is 4.74. The lowest BCUT2D eigenvalue weighted by Gasteiger charge is -2.23. The molecule has 3 heterocycles. The van der Waals surface area contributed by atoms with Crippen molar-refractivity contribution in [2.24, 2.45) is 0 Å². The molecule has 3 N–H and O–H groups in total. The molecule has 1 aliphatic rings. The number of aromatic nitrogens is 4. The standard InChI is InChI=1S/C26H29ClN6/c27-22-14-19(15-23(32-22)31-20-11-5-2-6-12-20)21-16-29-26-25(21)33-24(17-30-26)28-13-7-10-18-8-3-1-4-9-18/h1,3-4,8-9,14-17,20H,2,5-7,10-13H2,(H,28,33)(H,29,30)(H,31,32). The van der Waals surface area contributed by atoms with Crippen molar-refractivity contribution >= 4 is 34.4 Å². The molecule has 170 valence electrons. The van der Waals surface area contributed by atoms with E-state index < -0.39 is 0 Å². The number of pyridine rings is 1. The molecule has 1 saturated carbocycles. The Kier molecular flexibility index (Phi) is 6.72. The van der Waals surface area contributed by atoms with Gasteiger partial charge in [-0.1, -0.05) is 61.2 Å². The van der Waals surface area contributed by atoms with Crippen LogP contribution in [0.4, 0.5) is 11.6 Å². The van der Waals surface area contributed by atoms with Gasteiger partial charge < -0.3 is 15.6 Å². The first kappa shape index (κ1) is 21.7. The largest absolute Gasteiger partial charge is 0.369 e. The Hall–Kier alpha value is -3.12. The van der Waals surface area contributed by atoms with Crippen molar-refractivity contribution in [2.45, 2.75) is 51.0 Å². The third-order valence-electron chi connectivity index (χ3n) is 6.23. The van der Waals surface area contributed by atoms with Gasteiger partial charge in [0.2, 0.25) is 0 Å². The Bertz CT molecular complexity index is 1200. The van der Waals surface area contributed by atoms with Crippen LogP contribution in [0, 0.1) is 0 Å². The first-order valence-electron chi connectivity index (χ1n) is 11.8. The first-order valence-corrected chi connectivity index (χ1v) is 12.2. The Labute approximate surface area is 199 Å². The summed E-state index contributed by atoms with van der Waals surface area (Å²) < 4.78 is 0. The maximum Gasteiger partial charge on any atom is 0.156 e. The van der Waals surface area contributed by atoms with E-state index in [9.17, 15) is 0 Å². The van der Waals surface area contributed by atoms with Gasteiger partial charge in [-0.3, -0.25) is 0 Å². The maximum atomic E-state index is 6.39. The SMILES string of the molecule is Clc1cc(-c2c[nH]c3ncc(NCCCc4ccccc4)nc23)cc(NC2CCCCC2)n1. The van der Waals surface area contributed by atoms with E-state index in [-0.39, 0.29) is 0 Å². The predicted molar refractivity (Wildman–Crippen MR) is 136 cm³/mol. The smallest absolute Gasteiger partial charge is 0.156 e. The minimum atomic E-state index is 0.465. The molecule has 0 atom stereocenters. The van der Waals surface area contributed by atoms with E-state index in [1.54, 1.807) is 6.20 Å². The minimum absolute atomic E-state index is 0.465. The number of nitrogens with zero attached hydrogens (tertiary/aromatic N) is 3. The van der Waals surface area contributed by atoms with E-state index in [4.69, 9.17) is 16.6 Å². The first-order chi connectivity index (χ1) is 16.2. The quantitative estimate of drug-likeness (QED) is 0.207. The number of H-pyrrole nitrogens is 1. The molecule has 0 saturated heterocycles. The van der Waals surface area contributed by atoms with Gasteiger partial charge in [-0.05, 0) is 48.9 Å². The second-order valence-corrected chi connectivity index (χ2v) is 9.10. The lowest BCUT2D eigenvalue weighted by atomic mass is 9.95. The van der Waals surface area contributed by atoms with Crippen LogP contribution in [0.1, 0.15) is 44.1 Å². The van der Waals surface area contributed by atoms with E-state index in [0.29, 0.717) is 11.2 Å². The fraction of sp³-hybridized carbons (Fsp3) is 0.346. The number of anilines is 2. The van der Waals surface area contributed by atoms with Crippen LogP contribution >= 0.6 is 11.6 Å². The van der Waals surface area contributed by atoms with Crippen molar-refractivity contribution in [3.8, 4) is 11.1 Å². The van der Waals surface area contributed by atoms with E-state index in [2.05, 4.69) is 55.9 Å². The Balaban J connectivity index is 1.31. The number of aromatic amines is 1. The molecule has 1 aromatic carbocycles. The molecule has 0 amide bonds. The summed E-state index contributed by atoms with van der Waals surface area (Å²) in [5.41, 5.74) is 4.89. The van der Waals surface area contributed by atoms with Gasteiger partial charge in [0.1, 0.15) is 22.3 Å². The van der Waals surface area contributed by atoms with Crippen LogP contribution in [0.2, 0.25) is 5.15 Å². The zero-order chi connectivity index (χ0) is 22.5. The van der Waals surface area contributed by atoms with Crippen molar-refractivity contribution in [2.75, 3.05) is 17.2 Å². The van der Waals surface area contributed by atoms with Crippen molar-refractivity contribution in [3.63, 3.8) is 0 Å². The van der Waals surface area contributed by atoms with Gasteiger partial charge in [-0.15, -0.1) is 0 Å². The highest BCUT2D eigenvalue weighted by Gasteiger charge is 2.16. The molecule has 1 fully saturated rings. The molecule has 0 aliphatic heterocycles. The topological polar surface area (TPSA) is 78.5 Å². The second-order valence-electron chi connectivity index (χ2n) is 8.71. The highest BCUT2D eigenvalue weighted by Crippen LogP contribution is 2.31. The van der Waals surface area contributed by atoms with Crippen LogP contribution in [0.25, 0.3) is 22.3 Å². The van der Waals surface area contributed by atoms with Crippen molar-refractivity contribution in [1.29, 1.82) is 0 Å². The minimum Gasteiger partial charge on any atom is -0.369 e. The molecule has 5 rings (SSSR count). The zero-order valence-electron chi connectivity index (χ0n) is 18.6. The number of aryl methyl sites for hydroxylation is 1. The summed E-state index contributed by atoms with van der Waals surface area (Å²) in [5.74, 6) is 1.60. The van der Waals surface area contributed by atoms with Gasteiger partial charge >= 0.3 is 0 Å². The average molecular weight is 461 g/mol. The molecule has 33 heavy (non-hydrogen) atoms. The molecule has 4 aromatic rings. The highest BCUT2D eigenvalue weighted by atomic mass is 35.5. The third-order valence-corrected chi connectivity index (χ3v) is 6.43. The summed E-state index contributed by atoms with van der Waals surface area (Å²) in [6.45, 7) is 0.839. The Morgan fingerprint density at radius 1 is 1.00 bits per heavy atom. The van der Waals surface area contributed by atoms with E-state index >= 15 is 0 Å². The predicted octanol–water partition coefficient (Wildman–Crippen LogP) is 6.46. The van der Waals surface area contributed by atoms with Crippen LogP contribution in [0.5, 0.6) is 0 Å². The number of fused-ring (bicyclic) bond motifs is 1. The van der Waals surface area contributed by atoms with E-state index in [0.717, 1.165) is 53.3 Å². The van der Waals surface area contributed by atoms with Crippen LogP contribution < -0.4 is 10.6 Å². The van der Waals surface area contributed by atoms with Gasteiger partial charge in [0.15, 0.2) is 5.65 Å². The van der Waals surface area contributed by atoms with Gasteiger partial charge in [0.25, 0.3) is 0 Å². The second kappa shape index (κ2) is 10.2. The fourth-order valence-electron chi connectivity index (χ4n) is 4.53. The van der Waals surface area contributed by atoms with Gasteiger partial charge in [0.05, 0.1) is 6.20 Å². The number of nitrogens with one attached hydrogen (secondary N) is 3. The lowest BCUT2D eigenvalue weighted by Crippen LogP contribution is -2.22. The average Bonchev–Trinajstić information content (AvgIpc) is 3.26. The summed E-state index contributed by atoms with van der Waals surface area (Å²) in [4.78, 5) is 17.1. The summed E-state index contributed by atoms with van der Waals surface area (Å²) in [6, 6.07) is 14.9. The Morgan fingerprint density at radius 3 is 2.70 bits per heavy atom. The molecule has 3 aromatic heterocycles. The number of benzene rings is 1. The molecule has 0 bridgehead atoms. The van der Waals surface area contributed by atoms with E-state index in [1.807, 2.05) is 18.3 Å². The summed E-state index contributed by atoms with van der Waals surface area (Å²) in [5, 5.41) is 7.47. The summed E-state index contributed by atoms with van der Waals surface area (Å²) >= 11 is 6.39. The summed E-state index contributed by atoms with van der Waals surface area (Å²) in [7, 11) is 0. The number of hydrogen-bond acceptors (Lipinski definition) is 5. The summed E-state index contributed by atoms with van der Waals surface area (Å²) in [6.07, 6.45) is 12.0. The lowest BCUT2D eigenvalue weighted by molar-refractivity contribution is 0.462. The normalized spacial score (nSPS) is 14.5. The molecule has 0 spiro atoms. The molecular weight excluding hydrogens is 432 g/mol. The van der Waals surface area contributed by atoms with Gasteiger partial charge in [-0.25, -0.2) is 15.0 Å². The van der Waals surface area contributed by atoms with Crippen LogP contribution in [-0.2, 0) is 6.42 Å². The number of rotatable bonds is 8. The monoisotopic (exact) mass is 460 g/mol. The van der Waals surface area contributed by atoms with Crippen LogP contribution in [0.3, 0.4) is 0 Å². The van der Waals surface area contributed by atoms with Crippen LogP contribution in [-0.4, -0.2) is 32.5 Å². The Morgan fingerprint density at radius 2 is 1.85 bits per heavy atom. The molecule has 1 aliphatic carbocycles. The molecular formula is C26H29ClN6. The molecule has 6 nitrogen and oxygen atoms in total. The van der Waals surface area contributed by atoms with Crippen molar-refractivity contribution in [1.82, 2.24) is 19.9 Å². The maximum absolute atomic E-state index is 6.39. The van der Waals surface area contributed by atoms with E-state index in [1.165, 1.54) is 37.7 Å². The van der Waals surface area contributed by atoms with Gasteiger partial charge in [0, 0.05) is 24.3 Å². The highest BCUT2D eigenvalue weighted by molar-refractivity contribution is 6.29. The number of hydrogen-bond donors (Lipinski definition) is 3. The van der Waals surface area contributed by atoms with Crippen molar-refractivity contribution in [3.05, 3.63) is 65.6 Å². The molecule has 0 unspecified atom stereocenters. The van der Waals surface area contributed by atoms with Crippen molar-refractivity contribution < 1.29 is 0 Å². The third kappa shape index (κ3) is 5.45. The number of halogens is 1. The zero-order valence-corrected chi connectivity index (χ0v) is 19.4. The molecule has 7 heteroatoms. The molecule has 0 radical (unpaired) electrons. The van der Waals surface area contributed by atoms with Gasteiger partial charge in [-0.2, -0.15) is 0 Å². The van der Waals surface area contributed by atoms with Crippen LogP contribution in [0.15, 0.2) is 54.9 Å².